The maximum absolute atomic E-state index is 13.4. The lowest BCUT2D eigenvalue weighted by Gasteiger charge is -2.32. The fraction of sp³-hybridized carbons (Fsp3) is 0.432. The zero-order valence-electron chi connectivity index (χ0n) is 28.8. The number of carbonyl (C=O) groups excluding carboxylic acids is 1. The van der Waals surface area contributed by atoms with Crippen molar-refractivity contribution >= 4 is 29.2 Å². The van der Waals surface area contributed by atoms with Crippen molar-refractivity contribution in [2.24, 2.45) is 10.4 Å². The highest BCUT2D eigenvalue weighted by atomic mass is 16.5. The van der Waals surface area contributed by atoms with Crippen LogP contribution in [0.3, 0.4) is 0 Å². The zero-order valence-corrected chi connectivity index (χ0v) is 28.8. The molecule has 4 rings (SSSR count). The predicted octanol–water partition coefficient (Wildman–Crippen LogP) is 6.46. The number of nitrogens with zero attached hydrogens (tertiary/aromatic N) is 3. The second kappa shape index (κ2) is 16.4. The molecule has 11 heteroatoms. The number of nitrogens with one attached hydrogen (secondary N) is 5. The van der Waals surface area contributed by atoms with E-state index in [2.05, 4.69) is 28.6 Å². The number of urea groups is 1. The number of hydrogen-bond donors (Lipinski definition) is 6. The molecule has 2 amide bonds. The van der Waals surface area contributed by atoms with Gasteiger partial charge in [0, 0.05) is 31.1 Å². The van der Waals surface area contributed by atoms with Gasteiger partial charge in [-0.1, -0.05) is 64.1 Å². The lowest BCUT2D eigenvalue weighted by atomic mass is 9.80. The number of benzene rings is 2. The Morgan fingerprint density at radius 3 is 2.40 bits per heavy atom. The van der Waals surface area contributed by atoms with Gasteiger partial charge in [0.1, 0.15) is 17.1 Å². The van der Waals surface area contributed by atoms with Crippen LogP contribution in [0.1, 0.15) is 89.0 Å². The minimum atomic E-state index is -0.386. The van der Waals surface area contributed by atoms with Gasteiger partial charge in [-0.05, 0) is 72.6 Å². The van der Waals surface area contributed by atoms with Crippen LogP contribution in [0.4, 0.5) is 10.5 Å². The van der Waals surface area contributed by atoms with E-state index < -0.39 is 0 Å². The molecule has 6 N–H and O–H groups in total. The molecule has 11 nitrogen and oxygen atoms in total. The van der Waals surface area contributed by atoms with Gasteiger partial charge in [-0.2, -0.15) is 0 Å². The summed E-state index contributed by atoms with van der Waals surface area (Å²) >= 11 is 0. The summed E-state index contributed by atoms with van der Waals surface area (Å²) in [5.74, 6) is 1.33. The number of fused-ring (bicyclic) bond motifs is 1. The Morgan fingerprint density at radius 2 is 1.75 bits per heavy atom. The van der Waals surface area contributed by atoms with E-state index in [4.69, 9.17) is 21.0 Å². The van der Waals surface area contributed by atoms with E-state index in [9.17, 15) is 9.90 Å². The molecule has 256 valence electrons. The average molecular weight is 655 g/mol. The molecule has 0 bridgehead atoms. The van der Waals surface area contributed by atoms with Crippen molar-refractivity contribution in [3.05, 3.63) is 89.0 Å². The summed E-state index contributed by atoms with van der Waals surface area (Å²) < 4.78 is 7.81. The number of amides is 2. The van der Waals surface area contributed by atoms with Crippen molar-refractivity contribution in [1.82, 2.24) is 20.1 Å². The number of amidine groups is 1. The molecule has 0 radical (unpaired) electrons. The number of aliphatic hydroxyl groups excluding tert-OH is 1. The topological polar surface area (TPSA) is 163 Å². The summed E-state index contributed by atoms with van der Waals surface area (Å²) in [7, 11) is 0. The van der Waals surface area contributed by atoms with Crippen LogP contribution in [0.5, 0.6) is 5.75 Å². The van der Waals surface area contributed by atoms with Gasteiger partial charge in [0.15, 0.2) is 0 Å². The zero-order chi connectivity index (χ0) is 34.8. The van der Waals surface area contributed by atoms with E-state index in [-0.39, 0.29) is 47.9 Å². The van der Waals surface area contributed by atoms with Gasteiger partial charge in [0.25, 0.3) is 0 Å². The monoisotopic (exact) mass is 654 g/mol. The van der Waals surface area contributed by atoms with Crippen LogP contribution < -0.4 is 20.9 Å². The second-order valence-electron chi connectivity index (χ2n) is 13.2. The number of pyridine rings is 1. The smallest absolute Gasteiger partial charge is 0.320 e. The van der Waals surface area contributed by atoms with Crippen molar-refractivity contribution < 1.29 is 14.6 Å². The molecule has 1 aliphatic rings. The van der Waals surface area contributed by atoms with Crippen molar-refractivity contribution in [3.63, 3.8) is 0 Å². The number of carbonyl (C=O) groups is 1. The third-order valence-electron chi connectivity index (χ3n) is 8.59. The largest absolute Gasteiger partial charge is 0.491 e. The summed E-state index contributed by atoms with van der Waals surface area (Å²) in [6, 6.07) is 18.0. The molecule has 0 saturated carbocycles. The minimum absolute atomic E-state index is 0.0657. The highest BCUT2D eigenvalue weighted by Crippen LogP contribution is 2.37. The first-order chi connectivity index (χ1) is 22.9. The minimum Gasteiger partial charge on any atom is -0.491 e. The molecular weight excluding hydrogens is 604 g/mol. The fourth-order valence-electron chi connectivity index (χ4n) is 5.68. The average Bonchev–Trinajstić information content (AvgIpc) is 3.07. The van der Waals surface area contributed by atoms with E-state index >= 15 is 0 Å². The van der Waals surface area contributed by atoms with E-state index in [1.807, 2.05) is 50.8 Å². The lowest BCUT2D eigenvalue weighted by Crippen LogP contribution is -2.43. The standard InChI is InChI=1S/C37H50N8O3/c1-6-20-44(7-2)35(40)45-22-28(17-19-33(45)39)48-24-26-14-18-31(30-11-9-8-10-29(26)30)42-36(47)43-34(21-32(38)37(3,4)5)41-27-15-12-25(23-46)13-16-27/h8-13,15-17,19,22,26,31,38-40,46H,6-7,14,18,20-21,23-24H2,1-5H3,(H2,41,42,43,47). The number of aliphatic hydroxyl groups is 1. The van der Waals surface area contributed by atoms with E-state index in [1.54, 1.807) is 47.2 Å². The van der Waals surface area contributed by atoms with Gasteiger partial charge < -0.3 is 25.5 Å². The van der Waals surface area contributed by atoms with Gasteiger partial charge in [-0.25, -0.2) is 9.79 Å². The first kappa shape index (κ1) is 36.1. The van der Waals surface area contributed by atoms with Gasteiger partial charge in [-0.15, -0.1) is 0 Å². The summed E-state index contributed by atoms with van der Waals surface area (Å²) in [4.78, 5) is 20.0. The van der Waals surface area contributed by atoms with Crippen LogP contribution >= 0.6 is 0 Å². The highest BCUT2D eigenvalue weighted by Gasteiger charge is 2.29. The molecule has 2 aromatic carbocycles. The molecule has 0 fully saturated rings. The van der Waals surface area contributed by atoms with Crippen LogP contribution in [0.25, 0.3) is 0 Å². The Morgan fingerprint density at radius 1 is 1.04 bits per heavy atom. The Balaban J connectivity index is 1.46. The SMILES string of the molecule is CCCN(CC)C(=N)n1cc(OCC2CCC(NC(=O)NC(CC(=N)C(C)(C)C)=Nc3ccc(CO)cc3)c3ccccc32)ccc1=N. The van der Waals surface area contributed by atoms with Gasteiger partial charge in [0.2, 0.25) is 5.96 Å². The number of aliphatic imine (C=N–C) groups is 1. The molecule has 48 heavy (non-hydrogen) atoms. The molecule has 2 unspecified atom stereocenters. The Hall–Kier alpha value is -4.77. The maximum Gasteiger partial charge on any atom is 0.320 e. The van der Waals surface area contributed by atoms with Crippen molar-refractivity contribution in [2.75, 3.05) is 19.7 Å². The van der Waals surface area contributed by atoms with E-state index in [0.717, 1.165) is 36.1 Å². The molecule has 0 saturated heterocycles. The number of rotatable bonds is 11. The molecule has 0 aliphatic heterocycles. The van der Waals surface area contributed by atoms with E-state index in [1.165, 1.54) is 0 Å². The second-order valence-corrected chi connectivity index (χ2v) is 13.2. The normalized spacial score (nSPS) is 16.1. The molecule has 2 atom stereocenters. The molecular formula is C37H50N8O3. The Bertz CT molecular complexity index is 1670. The van der Waals surface area contributed by atoms with E-state index in [0.29, 0.717) is 42.6 Å². The summed E-state index contributed by atoms with van der Waals surface area (Å²) in [5.41, 5.74) is 3.82. The maximum atomic E-state index is 13.4. The first-order valence-electron chi connectivity index (χ1n) is 16.7. The molecule has 3 aromatic rings. The third-order valence-corrected chi connectivity index (χ3v) is 8.59. The van der Waals surface area contributed by atoms with Crippen molar-refractivity contribution in [1.29, 1.82) is 16.2 Å². The van der Waals surface area contributed by atoms with Crippen LogP contribution in [-0.2, 0) is 6.61 Å². The van der Waals surface area contributed by atoms with Crippen molar-refractivity contribution in [2.45, 2.75) is 78.9 Å². The van der Waals surface area contributed by atoms with Crippen molar-refractivity contribution in [3.8, 4) is 5.75 Å². The van der Waals surface area contributed by atoms with Gasteiger partial charge in [0.05, 0.1) is 31.1 Å². The number of ether oxygens (including phenoxy) is 1. The van der Waals surface area contributed by atoms with Crippen LogP contribution in [0.2, 0.25) is 0 Å². The van der Waals surface area contributed by atoms with Crippen LogP contribution in [0, 0.1) is 21.6 Å². The Kier molecular flexibility index (Phi) is 12.3. The Labute approximate surface area is 283 Å². The lowest BCUT2D eigenvalue weighted by molar-refractivity contribution is 0.235. The quantitative estimate of drug-likeness (QED) is 0.103. The van der Waals surface area contributed by atoms with Crippen LogP contribution in [-0.4, -0.2) is 57.8 Å². The summed E-state index contributed by atoms with van der Waals surface area (Å²) in [6.45, 7) is 11.7. The first-order valence-corrected chi connectivity index (χ1v) is 16.7. The van der Waals surface area contributed by atoms with Gasteiger partial charge >= 0.3 is 6.03 Å². The number of hydrogen-bond acceptors (Lipinski definition) is 7. The fourth-order valence-corrected chi connectivity index (χ4v) is 5.68. The predicted molar refractivity (Wildman–Crippen MR) is 191 cm³/mol. The molecule has 1 aromatic heterocycles. The van der Waals surface area contributed by atoms with Crippen LogP contribution in [0.15, 0.2) is 71.9 Å². The number of aromatic nitrogens is 1. The molecule has 1 heterocycles. The highest BCUT2D eigenvalue weighted by molar-refractivity contribution is 6.09. The molecule has 1 aliphatic carbocycles. The summed E-state index contributed by atoms with van der Waals surface area (Å²) in [5, 5.41) is 41.0. The summed E-state index contributed by atoms with van der Waals surface area (Å²) in [6.07, 6.45) is 4.32. The van der Waals surface area contributed by atoms with Gasteiger partial charge in [-0.3, -0.25) is 20.7 Å². The third kappa shape index (κ3) is 9.41. The molecule has 0 spiro atoms.